The first kappa shape index (κ1) is 45.3. The highest BCUT2D eigenvalue weighted by atomic mass is 14.8. The van der Waals surface area contributed by atoms with Gasteiger partial charge in [-0.15, -0.1) is 0 Å². The Kier molecular flexibility index (Phi) is 10.7. The van der Waals surface area contributed by atoms with Crippen molar-refractivity contribution >= 4 is 11.0 Å². The van der Waals surface area contributed by atoms with Crippen molar-refractivity contribution < 1.29 is 0 Å². The molecule has 0 bridgehead atoms. The molecule has 2 aromatic heterocycles. The Balaban J connectivity index is 1.01. The maximum atomic E-state index is 5.93. The molecule has 15 rings (SSSR count). The highest BCUT2D eigenvalue weighted by Gasteiger charge is 2.47. The van der Waals surface area contributed by atoms with E-state index in [0.29, 0.717) is 0 Å². The molecule has 364 valence electrons. The average Bonchev–Trinajstić information content (AvgIpc) is 3.43. The summed E-state index contributed by atoms with van der Waals surface area (Å²) in [5.74, 6) is 0. The van der Waals surface area contributed by atoms with E-state index in [2.05, 4.69) is 284 Å². The first-order chi connectivity index (χ1) is 38.7. The van der Waals surface area contributed by atoms with Gasteiger partial charge < -0.3 is 0 Å². The van der Waals surface area contributed by atoms with E-state index in [1.54, 1.807) is 0 Å². The molecular weight excluding hydrogens is 943 g/mol. The summed E-state index contributed by atoms with van der Waals surface area (Å²) in [6.07, 6.45) is 3.73. The fourth-order valence-corrected chi connectivity index (χ4v) is 13.2. The normalized spacial score (nSPS) is 13.3. The van der Waals surface area contributed by atoms with Gasteiger partial charge in [-0.1, -0.05) is 267 Å². The zero-order valence-electron chi connectivity index (χ0n) is 42.6. The van der Waals surface area contributed by atoms with Crippen LogP contribution in [0.5, 0.6) is 0 Å². The number of pyridine rings is 1. The van der Waals surface area contributed by atoms with E-state index in [1.165, 1.54) is 66.8 Å². The van der Waals surface area contributed by atoms with Crippen LogP contribution in [0.25, 0.3) is 89.2 Å². The smallest absolute Gasteiger partial charge is 0.0979 e. The van der Waals surface area contributed by atoms with Crippen molar-refractivity contribution in [1.29, 1.82) is 0 Å². The van der Waals surface area contributed by atoms with Crippen LogP contribution in [0.3, 0.4) is 0 Å². The largest absolute Gasteiger partial charge is 0.264 e. The van der Waals surface area contributed by atoms with Crippen molar-refractivity contribution in [3.8, 4) is 78.1 Å². The van der Waals surface area contributed by atoms with Crippen molar-refractivity contribution in [2.24, 2.45) is 0 Å². The SMILES string of the molecule is c1ccc(-c2nc3c(-c4ccc5c(c4)C(c4ccccc4)(c4ccccc4)c4ccccc4-5)ccc(-c4ccc5c(c4)C(c4ccccc4)(c4ccccc4)c4ccccc4-5)c3nc2-c2ccc(-c3cccnc3)cc2)cc1. The fraction of sp³-hybridized carbons (Fsp3) is 0.0267. The second kappa shape index (κ2) is 18.3. The summed E-state index contributed by atoms with van der Waals surface area (Å²) in [6.45, 7) is 0. The van der Waals surface area contributed by atoms with Gasteiger partial charge in [0.15, 0.2) is 0 Å². The van der Waals surface area contributed by atoms with Crippen molar-refractivity contribution in [3.63, 3.8) is 0 Å². The number of hydrogen-bond donors (Lipinski definition) is 0. The van der Waals surface area contributed by atoms with Crippen LogP contribution < -0.4 is 0 Å². The van der Waals surface area contributed by atoms with Crippen molar-refractivity contribution in [2.75, 3.05) is 0 Å². The number of rotatable bonds is 9. The van der Waals surface area contributed by atoms with Crippen LogP contribution >= 0.6 is 0 Å². The first-order valence-electron chi connectivity index (χ1n) is 26.8. The molecule has 3 nitrogen and oxygen atoms in total. The molecule has 0 unspecified atom stereocenters. The lowest BCUT2D eigenvalue weighted by molar-refractivity contribution is 0.769. The van der Waals surface area contributed by atoms with Crippen LogP contribution in [0.2, 0.25) is 0 Å². The molecule has 11 aromatic carbocycles. The molecule has 0 aliphatic heterocycles. The Bertz CT molecular complexity index is 4310. The average molecular weight is 992 g/mol. The highest BCUT2D eigenvalue weighted by Crippen LogP contribution is 2.59. The van der Waals surface area contributed by atoms with Gasteiger partial charge in [0.05, 0.1) is 33.3 Å². The Morgan fingerprint density at radius 3 is 0.987 bits per heavy atom. The predicted molar refractivity (Wildman–Crippen MR) is 319 cm³/mol. The summed E-state index contributed by atoms with van der Waals surface area (Å²) < 4.78 is 0. The number of aromatic nitrogens is 3. The molecule has 78 heavy (non-hydrogen) atoms. The third kappa shape index (κ3) is 6.88. The summed E-state index contributed by atoms with van der Waals surface area (Å²) in [4.78, 5) is 16.3. The predicted octanol–water partition coefficient (Wildman–Crippen LogP) is 18.1. The molecule has 0 atom stereocenters. The third-order valence-electron chi connectivity index (χ3n) is 16.6. The molecule has 0 amide bonds. The van der Waals surface area contributed by atoms with Crippen LogP contribution in [-0.2, 0) is 10.8 Å². The lowest BCUT2D eigenvalue weighted by Crippen LogP contribution is -2.28. The van der Waals surface area contributed by atoms with Gasteiger partial charge >= 0.3 is 0 Å². The van der Waals surface area contributed by atoms with Crippen LogP contribution in [0.15, 0.2) is 298 Å². The van der Waals surface area contributed by atoms with E-state index >= 15 is 0 Å². The molecule has 3 heteroatoms. The molecular formula is C75H49N3. The van der Waals surface area contributed by atoms with E-state index in [9.17, 15) is 0 Å². The number of nitrogens with zero attached hydrogens (tertiary/aromatic N) is 3. The van der Waals surface area contributed by atoms with Gasteiger partial charge in [-0.25, -0.2) is 9.97 Å². The molecule has 0 radical (unpaired) electrons. The minimum absolute atomic E-state index is 0.567. The topological polar surface area (TPSA) is 38.7 Å². The molecule has 2 heterocycles. The highest BCUT2D eigenvalue weighted by molar-refractivity contribution is 6.04. The van der Waals surface area contributed by atoms with E-state index in [4.69, 9.17) is 9.97 Å². The van der Waals surface area contributed by atoms with Crippen LogP contribution in [0.1, 0.15) is 44.5 Å². The Hall–Kier alpha value is -10.1. The Morgan fingerprint density at radius 2 is 0.564 bits per heavy atom. The van der Waals surface area contributed by atoms with Crippen molar-refractivity contribution in [1.82, 2.24) is 15.0 Å². The lowest BCUT2D eigenvalue weighted by Gasteiger charge is -2.34. The zero-order chi connectivity index (χ0) is 51.6. The second-order valence-electron chi connectivity index (χ2n) is 20.5. The van der Waals surface area contributed by atoms with Gasteiger partial charge in [-0.3, -0.25) is 4.98 Å². The lowest BCUT2D eigenvalue weighted by atomic mass is 9.67. The van der Waals surface area contributed by atoms with Crippen molar-refractivity contribution in [2.45, 2.75) is 10.8 Å². The number of fused-ring (bicyclic) bond motifs is 7. The summed E-state index contributed by atoms with van der Waals surface area (Å²) in [5, 5.41) is 0. The summed E-state index contributed by atoms with van der Waals surface area (Å²) in [5.41, 5.74) is 25.4. The minimum Gasteiger partial charge on any atom is -0.264 e. The fourth-order valence-electron chi connectivity index (χ4n) is 13.2. The number of benzene rings is 11. The van der Waals surface area contributed by atoms with Gasteiger partial charge in [-0.2, -0.15) is 0 Å². The molecule has 2 aliphatic rings. The van der Waals surface area contributed by atoms with E-state index < -0.39 is 10.8 Å². The van der Waals surface area contributed by atoms with Crippen LogP contribution in [-0.4, -0.2) is 15.0 Å². The standard InChI is InChI=1S/C75H49N3/c1-6-21-51(22-7-1)70-71(52-38-36-50(37-39-52)55-23-20-46-76-49-55)78-73-61(54-41-43-65-63-33-17-19-35-67(63)75(69(65)48-54,58-28-12-4-13-29-58)59-30-14-5-15-31-59)45-44-60(72(73)77-70)53-40-42-64-62-32-16-18-34-66(62)74(68(64)47-53,56-24-8-2-9-25-56)57-26-10-3-11-27-57/h1-49H. The Labute approximate surface area is 454 Å². The molecule has 0 saturated carbocycles. The molecule has 13 aromatic rings. The van der Waals surface area contributed by atoms with Crippen LogP contribution in [0.4, 0.5) is 0 Å². The van der Waals surface area contributed by atoms with Gasteiger partial charge in [-0.05, 0) is 107 Å². The number of hydrogen-bond acceptors (Lipinski definition) is 3. The first-order valence-corrected chi connectivity index (χ1v) is 26.8. The third-order valence-corrected chi connectivity index (χ3v) is 16.6. The van der Waals surface area contributed by atoms with Gasteiger partial charge in [0.2, 0.25) is 0 Å². The maximum Gasteiger partial charge on any atom is 0.0979 e. The van der Waals surface area contributed by atoms with E-state index in [0.717, 1.165) is 66.9 Å². The van der Waals surface area contributed by atoms with Gasteiger partial charge in [0.1, 0.15) is 0 Å². The van der Waals surface area contributed by atoms with Gasteiger partial charge in [0, 0.05) is 34.6 Å². The van der Waals surface area contributed by atoms with Gasteiger partial charge in [0.25, 0.3) is 0 Å². The quantitative estimate of drug-likeness (QED) is 0.145. The Morgan fingerprint density at radius 1 is 0.231 bits per heavy atom. The van der Waals surface area contributed by atoms with E-state index in [-0.39, 0.29) is 0 Å². The minimum atomic E-state index is -0.570. The summed E-state index contributed by atoms with van der Waals surface area (Å²) in [6, 6.07) is 104. The summed E-state index contributed by atoms with van der Waals surface area (Å²) in [7, 11) is 0. The molecule has 0 spiro atoms. The van der Waals surface area contributed by atoms with Crippen molar-refractivity contribution in [3.05, 3.63) is 342 Å². The van der Waals surface area contributed by atoms with Crippen LogP contribution in [0, 0.1) is 0 Å². The van der Waals surface area contributed by atoms with E-state index in [1.807, 2.05) is 18.5 Å². The maximum absolute atomic E-state index is 5.93. The second-order valence-corrected chi connectivity index (χ2v) is 20.5. The molecule has 0 N–H and O–H groups in total. The molecule has 0 saturated heterocycles. The monoisotopic (exact) mass is 991 g/mol. The zero-order valence-corrected chi connectivity index (χ0v) is 42.6. The molecule has 0 fully saturated rings. The molecule has 2 aliphatic carbocycles. The summed E-state index contributed by atoms with van der Waals surface area (Å²) >= 11 is 0.